The number of rotatable bonds is 5. The number of piperidine rings is 1. The number of carbonyl (C=O) groups is 1. The van der Waals surface area contributed by atoms with Crippen molar-refractivity contribution in [1.82, 2.24) is 15.5 Å². The molecule has 0 bridgehead atoms. The van der Waals surface area contributed by atoms with Gasteiger partial charge in [0.25, 0.3) is 0 Å². The van der Waals surface area contributed by atoms with E-state index in [1.54, 1.807) is 0 Å². The summed E-state index contributed by atoms with van der Waals surface area (Å²) >= 11 is 0. The Morgan fingerprint density at radius 3 is 2.76 bits per heavy atom. The molecule has 2 unspecified atom stereocenters. The summed E-state index contributed by atoms with van der Waals surface area (Å²) in [6.07, 6.45) is 3.96. The van der Waals surface area contributed by atoms with E-state index in [2.05, 4.69) is 15.5 Å². The van der Waals surface area contributed by atoms with E-state index < -0.39 is 15.4 Å². The average Bonchev–Trinajstić information content (AvgIpc) is 2.65. The zero-order valence-electron chi connectivity index (χ0n) is 13.0. The number of hydrogen-bond acceptors (Lipinski definition) is 5. The van der Waals surface area contributed by atoms with Crippen LogP contribution >= 0.6 is 0 Å². The molecule has 0 saturated carbocycles. The summed E-state index contributed by atoms with van der Waals surface area (Å²) in [5.74, 6) is 0.180. The number of nitrogens with zero attached hydrogens (tertiary/aromatic N) is 1. The maximum absolute atomic E-state index is 12.3. The van der Waals surface area contributed by atoms with Crippen LogP contribution in [-0.2, 0) is 14.6 Å². The molecular formula is C14H27N3O3S. The summed E-state index contributed by atoms with van der Waals surface area (Å²) in [6, 6.07) is 0.398. The van der Waals surface area contributed by atoms with Gasteiger partial charge in [-0.05, 0) is 39.8 Å². The second-order valence-corrected chi connectivity index (χ2v) is 8.81. The number of likely N-dealkylation sites (tertiary alicyclic amines) is 1. The number of sulfone groups is 1. The van der Waals surface area contributed by atoms with Gasteiger partial charge in [0.15, 0.2) is 9.84 Å². The molecule has 2 N–H and O–H groups in total. The quantitative estimate of drug-likeness (QED) is 0.731. The first-order valence-electron chi connectivity index (χ1n) is 7.74. The van der Waals surface area contributed by atoms with Gasteiger partial charge in [0.05, 0.1) is 23.6 Å². The Labute approximate surface area is 127 Å². The lowest BCUT2D eigenvalue weighted by Gasteiger charge is -2.36. The molecule has 0 aliphatic carbocycles. The Kier molecular flexibility index (Phi) is 5.27. The first kappa shape index (κ1) is 16.7. The number of carbonyl (C=O) groups excluding carboxylic acids is 1. The fourth-order valence-electron chi connectivity index (χ4n) is 3.40. The predicted octanol–water partition coefficient (Wildman–Crippen LogP) is -0.246. The maximum Gasteiger partial charge on any atom is 0.234 e. The normalized spacial score (nSPS) is 33.0. The van der Waals surface area contributed by atoms with Crippen LogP contribution in [0, 0.1) is 0 Å². The van der Waals surface area contributed by atoms with Crippen molar-refractivity contribution >= 4 is 15.7 Å². The first-order valence-corrected chi connectivity index (χ1v) is 9.56. The molecule has 0 aromatic heterocycles. The van der Waals surface area contributed by atoms with Crippen LogP contribution in [0.2, 0.25) is 0 Å². The van der Waals surface area contributed by atoms with Crippen LogP contribution in [0.5, 0.6) is 0 Å². The monoisotopic (exact) mass is 317 g/mol. The van der Waals surface area contributed by atoms with E-state index in [1.807, 2.05) is 14.0 Å². The van der Waals surface area contributed by atoms with Gasteiger partial charge in [-0.25, -0.2) is 8.42 Å². The molecule has 0 aromatic carbocycles. The van der Waals surface area contributed by atoms with E-state index in [0.29, 0.717) is 19.0 Å². The van der Waals surface area contributed by atoms with Crippen LogP contribution in [0.15, 0.2) is 0 Å². The van der Waals surface area contributed by atoms with Crippen molar-refractivity contribution in [2.45, 2.75) is 44.2 Å². The van der Waals surface area contributed by atoms with Crippen molar-refractivity contribution < 1.29 is 13.2 Å². The highest BCUT2D eigenvalue weighted by atomic mass is 32.2. The molecule has 2 atom stereocenters. The fraction of sp³-hybridized carbons (Fsp3) is 0.929. The van der Waals surface area contributed by atoms with Crippen LogP contribution in [0.4, 0.5) is 0 Å². The molecular weight excluding hydrogens is 290 g/mol. The van der Waals surface area contributed by atoms with Gasteiger partial charge >= 0.3 is 0 Å². The van der Waals surface area contributed by atoms with Crippen LogP contribution in [0.1, 0.15) is 32.6 Å². The molecule has 6 nitrogen and oxygen atoms in total. The van der Waals surface area contributed by atoms with E-state index in [4.69, 9.17) is 0 Å². The Morgan fingerprint density at radius 1 is 1.38 bits per heavy atom. The summed E-state index contributed by atoms with van der Waals surface area (Å²) in [4.78, 5) is 14.5. The Morgan fingerprint density at radius 2 is 2.14 bits per heavy atom. The molecule has 0 aromatic rings. The van der Waals surface area contributed by atoms with Crippen LogP contribution in [-0.4, -0.2) is 69.0 Å². The Balaban J connectivity index is 1.89. The zero-order chi connectivity index (χ0) is 15.5. The van der Waals surface area contributed by atoms with E-state index in [0.717, 1.165) is 25.9 Å². The molecule has 1 amide bonds. The predicted molar refractivity (Wildman–Crippen MR) is 83.0 cm³/mol. The van der Waals surface area contributed by atoms with Gasteiger partial charge in [-0.1, -0.05) is 6.42 Å². The third-order valence-electron chi connectivity index (χ3n) is 4.48. The topological polar surface area (TPSA) is 78.5 Å². The largest absolute Gasteiger partial charge is 0.349 e. The van der Waals surface area contributed by atoms with Crippen LogP contribution in [0.3, 0.4) is 0 Å². The first-order chi connectivity index (χ1) is 9.84. The van der Waals surface area contributed by atoms with Crippen molar-refractivity contribution in [3.05, 3.63) is 0 Å². The van der Waals surface area contributed by atoms with Gasteiger partial charge in [0.2, 0.25) is 5.91 Å². The lowest BCUT2D eigenvalue weighted by atomic mass is 10.0. The molecule has 122 valence electrons. The molecule has 2 fully saturated rings. The summed E-state index contributed by atoms with van der Waals surface area (Å²) in [5, 5.41) is 6.12. The second kappa shape index (κ2) is 6.62. The highest BCUT2D eigenvalue weighted by molar-refractivity contribution is 7.91. The average molecular weight is 317 g/mol. The summed E-state index contributed by atoms with van der Waals surface area (Å²) in [7, 11) is -1.06. The number of nitrogens with one attached hydrogen (secondary N) is 2. The fourth-order valence-corrected chi connectivity index (χ4v) is 5.50. The Bertz CT molecular complexity index is 478. The van der Waals surface area contributed by atoms with Crippen molar-refractivity contribution in [3.63, 3.8) is 0 Å². The van der Waals surface area contributed by atoms with Crippen molar-refractivity contribution in [1.29, 1.82) is 0 Å². The van der Waals surface area contributed by atoms with Gasteiger partial charge in [0.1, 0.15) is 0 Å². The van der Waals surface area contributed by atoms with Gasteiger partial charge < -0.3 is 10.6 Å². The molecule has 7 heteroatoms. The number of likely N-dealkylation sites (N-methyl/N-ethyl adjacent to an activating group) is 1. The minimum absolute atomic E-state index is 0.0578. The van der Waals surface area contributed by atoms with Gasteiger partial charge in [-0.3, -0.25) is 9.69 Å². The summed E-state index contributed by atoms with van der Waals surface area (Å²) < 4.78 is 23.2. The van der Waals surface area contributed by atoms with Crippen LogP contribution < -0.4 is 10.6 Å². The number of hydrogen-bond donors (Lipinski definition) is 2. The Hall–Kier alpha value is -0.660. The molecule has 21 heavy (non-hydrogen) atoms. The summed E-state index contributed by atoms with van der Waals surface area (Å²) in [5.41, 5.74) is -0.593. The van der Waals surface area contributed by atoms with Crippen LogP contribution in [0.25, 0.3) is 0 Å². The minimum Gasteiger partial charge on any atom is -0.349 e. The molecule has 2 aliphatic heterocycles. The molecule has 2 aliphatic rings. The molecule has 0 radical (unpaired) electrons. The standard InChI is InChI=1S/C14H27N3O3S/c1-14(6-8-21(19,20)11-14)16-13(18)10-17-7-4-3-5-12(17)9-15-2/h12,15H,3-11H2,1-2H3,(H,16,18). The van der Waals surface area contributed by atoms with E-state index >= 15 is 0 Å². The maximum atomic E-state index is 12.3. The summed E-state index contributed by atoms with van der Waals surface area (Å²) in [6.45, 7) is 4.02. The molecule has 2 heterocycles. The highest BCUT2D eigenvalue weighted by Crippen LogP contribution is 2.23. The second-order valence-electron chi connectivity index (χ2n) is 6.63. The van der Waals surface area contributed by atoms with Gasteiger partial charge in [-0.15, -0.1) is 0 Å². The lowest BCUT2D eigenvalue weighted by Crippen LogP contribution is -2.53. The molecule has 2 saturated heterocycles. The van der Waals surface area contributed by atoms with E-state index in [-0.39, 0.29) is 17.4 Å². The van der Waals surface area contributed by atoms with Gasteiger partial charge in [-0.2, -0.15) is 0 Å². The van der Waals surface area contributed by atoms with Crippen molar-refractivity contribution in [3.8, 4) is 0 Å². The van der Waals surface area contributed by atoms with Crippen molar-refractivity contribution in [2.75, 3.05) is 38.2 Å². The van der Waals surface area contributed by atoms with Gasteiger partial charge in [0, 0.05) is 12.6 Å². The van der Waals surface area contributed by atoms with E-state index in [9.17, 15) is 13.2 Å². The van der Waals surface area contributed by atoms with Crippen molar-refractivity contribution in [2.24, 2.45) is 0 Å². The SMILES string of the molecule is CNCC1CCCCN1CC(=O)NC1(C)CCS(=O)(=O)C1. The molecule has 0 spiro atoms. The molecule has 2 rings (SSSR count). The number of amides is 1. The zero-order valence-corrected chi connectivity index (χ0v) is 13.8. The smallest absolute Gasteiger partial charge is 0.234 e. The third-order valence-corrected chi connectivity index (χ3v) is 6.38. The van der Waals surface area contributed by atoms with E-state index in [1.165, 1.54) is 6.42 Å². The lowest BCUT2D eigenvalue weighted by molar-refractivity contribution is -0.124. The minimum atomic E-state index is -2.99. The highest BCUT2D eigenvalue weighted by Gasteiger charge is 2.39. The third kappa shape index (κ3) is 4.66.